The van der Waals surface area contributed by atoms with Crippen LogP contribution in [0.2, 0.25) is 0 Å². The number of rotatable bonds is 2. The third-order valence-corrected chi connectivity index (χ3v) is 1.22. The van der Waals surface area contributed by atoms with E-state index in [1.54, 1.807) is 0 Å². The van der Waals surface area contributed by atoms with E-state index in [4.69, 9.17) is 10.8 Å². The van der Waals surface area contributed by atoms with Crippen LogP contribution in [0, 0.1) is 5.92 Å². The molecule has 0 aliphatic heterocycles. The van der Waals surface area contributed by atoms with Crippen LogP contribution in [0.15, 0.2) is 0 Å². The second-order valence-electron chi connectivity index (χ2n) is 2.59. The third-order valence-electron chi connectivity index (χ3n) is 1.22. The molecule has 8 heavy (non-hydrogen) atoms. The lowest BCUT2D eigenvalue weighted by Gasteiger charge is -2.17. The Hall–Kier alpha value is -0.0800. The summed E-state index contributed by atoms with van der Waals surface area (Å²) < 4.78 is 0. The minimum atomic E-state index is -0.352. The average Bonchev–Trinajstić information content (AvgIpc) is 1.64. The Kier molecular flexibility index (Phi) is 3.02. The van der Waals surface area contributed by atoms with E-state index in [1.807, 2.05) is 20.8 Å². The molecule has 3 N–H and O–H groups in total. The van der Waals surface area contributed by atoms with Crippen molar-refractivity contribution in [1.82, 2.24) is 0 Å². The quantitative estimate of drug-likeness (QED) is 0.548. The minimum Gasteiger partial charge on any atom is -0.391 e. The van der Waals surface area contributed by atoms with Crippen LogP contribution in [0.3, 0.4) is 0 Å². The normalized spacial score (nSPS) is 18.8. The first kappa shape index (κ1) is 7.92. The van der Waals surface area contributed by atoms with Crippen molar-refractivity contribution in [3.8, 4) is 0 Å². The topological polar surface area (TPSA) is 46.2 Å². The molecule has 0 heterocycles. The molecule has 0 bridgehead atoms. The first-order valence-corrected chi connectivity index (χ1v) is 2.99. The zero-order valence-corrected chi connectivity index (χ0v) is 5.76. The van der Waals surface area contributed by atoms with Gasteiger partial charge in [0.25, 0.3) is 0 Å². The van der Waals surface area contributed by atoms with Gasteiger partial charge in [-0.1, -0.05) is 13.8 Å². The molecule has 0 fully saturated rings. The Morgan fingerprint density at radius 2 is 1.62 bits per heavy atom. The molecule has 0 saturated heterocycles. The lowest BCUT2D eigenvalue weighted by molar-refractivity contribution is 0.104. The summed E-state index contributed by atoms with van der Waals surface area (Å²) in [5, 5.41) is 9.08. The largest absolute Gasteiger partial charge is 0.391 e. The Labute approximate surface area is 50.7 Å². The third kappa shape index (κ3) is 2.28. The monoisotopic (exact) mass is 117 g/mol. The van der Waals surface area contributed by atoms with Crippen LogP contribution in [-0.2, 0) is 0 Å². The first-order chi connectivity index (χ1) is 3.55. The van der Waals surface area contributed by atoms with E-state index in [-0.39, 0.29) is 18.1 Å². The summed E-state index contributed by atoms with van der Waals surface area (Å²) in [6.07, 6.45) is -0.352. The van der Waals surface area contributed by atoms with Crippen LogP contribution in [-0.4, -0.2) is 17.3 Å². The van der Waals surface area contributed by atoms with Gasteiger partial charge in [-0.15, -0.1) is 0 Å². The maximum Gasteiger partial charge on any atom is 0.0711 e. The molecule has 1 unspecified atom stereocenters. The lowest BCUT2D eigenvalue weighted by atomic mass is 10.0. The Bertz CT molecular complexity index is 53.5. The maximum absolute atomic E-state index is 9.08. The molecule has 0 aromatic rings. The van der Waals surface area contributed by atoms with Gasteiger partial charge in [0.05, 0.1) is 6.10 Å². The van der Waals surface area contributed by atoms with Crippen molar-refractivity contribution in [3.63, 3.8) is 0 Å². The van der Waals surface area contributed by atoms with Crippen LogP contribution in [0.1, 0.15) is 20.8 Å². The van der Waals surface area contributed by atoms with Gasteiger partial charge in [-0.05, 0) is 12.8 Å². The van der Waals surface area contributed by atoms with Gasteiger partial charge in [0.1, 0.15) is 0 Å². The molecule has 0 rings (SSSR count). The number of hydrogen-bond donors (Lipinski definition) is 2. The number of aliphatic hydroxyl groups excluding tert-OH is 1. The second-order valence-corrected chi connectivity index (χ2v) is 2.59. The van der Waals surface area contributed by atoms with Crippen LogP contribution in [0.5, 0.6) is 0 Å². The Morgan fingerprint density at radius 3 is 1.62 bits per heavy atom. The van der Waals surface area contributed by atoms with Crippen LogP contribution >= 0.6 is 0 Å². The van der Waals surface area contributed by atoms with Gasteiger partial charge in [-0.25, -0.2) is 0 Å². The van der Waals surface area contributed by atoms with Gasteiger partial charge >= 0.3 is 0 Å². The molecule has 2 atom stereocenters. The smallest absolute Gasteiger partial charge is 0.0711 e. The molecule has 0 saturated carbocycles. The van der Waals surface area contributed by atoms with E-state index in [9.17, 15) is 0 Å². The van der Waals surface area contributed by atoms with Crippen molar-refractivity contribution in [2.45, 2.75) is 32.9 Å². The zero-order chi connectivity index (χ0) is 6.73. The fraction of sp³-hybridized carbons (Fsp3) is 1.00. The fourth-order valence-corrected chi connectivity index (χ4v) is 0.607. The summed E-state index contributed by atoms with van der Waals surface area (Å²) in [5.41, 5.74) is 5.39. The highest BCUT2D eigenvalue weighted by molar-refractivity contribution is 4.68. The van der Waals surface area contributed by atoms with E-state index in [0.717, 1.165) is 0 Å². The van der Waals surface area contributed by atoms with Crippen molar-refractivity contribution in [2.24, 2.45) is 11.7 Å². The Morgan fingerprint density at radius 1 is 1.25 bits per heavy atom. The fourth-order valence-electron chi connectivity index (χ4n) is 0.607. The molecule has 0 aliphatic carbocycles. The molecule has 2 nitrogen and oxygen atoms in total. The van der Waals surface area contributed by atoms with Gasteiger partial charge in [0.2, 0.25) is 0 Å². The van der Waals surface area contributed by atoms with Gasteiger partial charge in [0, 0.05) is 6.04 Å². The number of hydrogen-bond acceptors (Lipinski definition) is 2. The number of aliphatic hydroxyl groups is 1. The molecule has 0 radical (unpaired) electrons. The molecular formula is C6H15NO. The summed E-state index contributed by atoms with van der Waals surface area (Å²) in [4.78, 5) is 0. The molecule has 50 valence electrons. The van der Waals surface area contributed by atoms with E-state index in [1.165, 1.54) is 0 Å². The molecular weight excluding hydrogens is 102 g/mol. The standard InChI is InChI=1S/C6H15NO/c1-4(2)6(8)5(3)7/h4-6,8H,7H2,1-3H3/t5-,6?/m0/s1. The highest BCUT2D eigenvalue weighted by Crippen LogP contribution is 2.02. The maximum atomic E-state index is 9.08. The minimum absolute atomic E-state index is 0.102. The van der Waals surface area contributed by atoms with Gasteiger partial charge in [-0.3, -0.25) is 0 Å². The van der Waals surface area contributed by atoms with E-state index in [0.29, 0.717) is 0 Å². The lowest BCUT2D eigenvalue weighted by Crippen LogP contribution is -2.35. The van der Waals surface area contributed by atoms with E-state index >= 15 is 0 Å². The molecule has 0 aromatic heterocycles. The summed E-state index contributed by atoms with van der Waals surface area (Å²) in [5.74, 6) is 0.273. The van der Waals surface area contributed by atoms with Crippen LogP contribution < -0.4 is 5.73 Å². The molecule has 0 aliphatic rings. The summed E-state index contributed by atoms with van der Waals surface area (Å²) in [6.45, 7) is 5.72. The SMILES string of the molecule is CC(C)C(O)[C@H](C)N. The molecule has 0 aromatic carbocycles. The summed E-state index contributed by atoms with van der Waals surface area (Å²) in [7, 11) is 0. The van der Waals surface area contributed by atoms with Crippen molar-refractivity contribution >= 4 is 0 Å². The predicted octanol–water partition coefficient (Wildman–Crippen LogP) is 0.350. The van der Waals surface area contributed by atoms with E-state index in [2.05, 4.69) is 0 Å². The predicted molar refractivity (Wildman–Crippen MR) is 34.5 cm³/mol. The van der Waals surface area contributed by atoms with Crippen molar-refractivity contribution in [3.05, 3.63) is 0 Å². The van der Waals surface area contributed by atoms with Crippen LogP contribution in [0.4, 0.5) is 0 Å². The second kappa shape index (κ2) is 3.05. The molecule has 0 amide bonds. The number of nitrogens with two attached hydrogens (primary N) is 1. The Balaban J connectivity index is 3.46. The van der Waals surface area contributed by atoms with Crippen molar-refractivity contribution < 1.29 is 5.11 Å². The van der Waals surface area contributed by atoms with Crippen LogP contribution in [0.25, 0.3) is 0 Å². The molecule has 0 spiro atoms. The molecule has 2 heteroatoms. The van der Waals surface area contributed by atoms with Crippen molar-refractivity contribution in [1.29, 1.82) is 0 Å². The van der Waals surface area contributed by atoms with Gasteiger partial charge < -0.3 is 10.8 Å². The average molecular weight is 117 g/mol. The van der Waals surface area contributed by atoms with Crippen molar-refractivity contribution in [2.75, 3.05) is 0 Å². The highest BCUT2D eigenvalue weighted by atomic mass is 16.3. The highest BCUT2D eigenvalue weighted by Gasteiger charge is 2.12. The van der Waals surface area contributed by atoms with Gasteiger partial charge in [-0.2, -0.15) is 0 Å². The summed E-state index contributed by atoms with van der Waals surface area (Å²) in [6, 6.07) is -0.102. The summed E-state index contributed by atoms with van der Waals surface area (Å²) >= 11 is 0. The zero-order valence-electron chi connectivity index (χ0n) is 5.76. The first-order valence-electron chi connectivity index (χ1n) is 2.99. The van der Waals surface area contributed by atoms with E-state index < -0.39 is 0 Å². The van der Waals surface area contributed by atoms with Gasteiger partial charge in [0.15, 0.2) is 0 Å².